The molecular formula is C56H42. The molecule has 0 aliphatic heterocycles. The van der Waals surface area contributed by atoms with Crippen LogP contribution in [0.5, 0.6) is 0 Å². The third-order valence-electron chi connectivity index (χ3n) is 13.1. The number of hydrogen-bond acceptors (Lipinski definition) is 0. The summed E-state index contributed by atoms with van der Waals surface area (Å²) >= 11 is 0. The lowest BCUT2D eigenvalue weighted by molar-refractivity contribution is 0.660. The number of rotatable bonds is 4. The van der Waals surface area contributed by atoms with Gasteiger partial charge in [-0.3, -0.25) is 0 Å². The van der Waals surface area contributed by atoms with Crippen LogP contribution in [0.3, 0.4) is 0 Å². The first-order valence-corrected chi connectivity index (χ1v) is 19.9. The Hall–Kier alpha value is -6.50. The minimum absolute atomic E-state index is 0.0636. The number of hydrogen-bond donors (Lipinski definition) is 0. The summed E-state index contributed by atoms with van der Waals surface area (Å²) in [5.41, 5.74) is 20.9. The zero-order valence-electron chi connectivity index (χ0n) is 32.3. The lowest BCUT2D eigenvalue weighted by Crippen LogP contribution is -2.14. The molecule has 0 unspecified atom stereocenters. The zero-order valence-corrected chi connectivity index (χ0v) is 32.3. The van der Waals surface area contributed by atoms with Crippen molar-refractivity contribution < 1.29 is 0 Å². The predicted molar refractivity (Wildman–Crippen MR) is 238 cm³/mol. The lowest BCUT2D eigenvalue weighted by Gasteiger charge is -2.23. The van der Waals surface area contributed by atoms with E-state index in [0.717, 1.165) is 0 Å². The quantitative estimate of drug-likeness (QED) is 0.159. The van der Waals surface area contributed by atoms with E-state index in [1.54, 1.807) is 0 Å². The van der Waals surface area contributed by atoms with E-state index in [-0.39, 0.29) is 10.8 Å². The first kappa shape index (κ1) is 32.9. The van der Waals surface area contributed by atoms with E-state index in [1.807, 2.05) is 0 Å². The maximum atomic E-state index is 2.49. The summed E-state index contributed by atoms with van der Waals surface area (Å²) in [6, 6.07) is 68.4. The van der Waals surface area contributed by atoms with Crippen LogP contribution in [0, 0.1) is 0 Å². The highest BCUT2D eigenvalue weighted by Gasteiger charge is 2.36. The van der Waals surface area contributed by atoms with Gasteiger partial charge in [0.05, 0.1) is 0 Å². The van der Waals surface area contributed by atoms with Gasteiger partial charge in [-0.15, -0.1) is 0 Å². The first-order valence-electron chi connectivity index (χ1n) is 19.9. The Morgan fingerprint density at radius 3 is 1.32 bits per heavy atom. The van der Waals surface area contributed by atoms with Crippen LogP contribution < -0.4 is 0 Å². The van der Waals surface area contributed by atoms with Crippen LogP contribution in [-0.4, -0.2) is 0 Å². The number of benzene rings is 9. The van der Waals surface area contributed by atoms with Gasteiger partial charge >= 0.3 is 0 Å². The van der Waals surface area contributed by atoms with Gasteiger partial charge in [0, 0.05) is 10.8 Å². The maximum absolute atomic E-state index is 2.49. The summed E-state index contributed by atoms with van der Waals surface area (Å²) in [6.07, 6.45) is 0. The smallest absolute Gasteiger partial charge is 0.0159 e. The van der Waals surface area contributed by atoms with Crippen LogP contribution in [0.2, 0.25) is 0 Å². The van der Waals surface area contributed by atoms with Gasteiger partial charge in [0.2, 0.25) is 0 Å². The van der Waals surface area contributed by atoms with Crippen molar-refractivity contribution in [2.45, 2.75) is 38.5 Å². The van der Waals surface area contributed by atoms with Crippen LogP contribution in [0.4, 0.5) is 0 Å². The van der Waals surface area contributed by atoms with Crippen LogP contribution >= 0.6 is 0 Å². The summed E-state index contributed by atoms with van der Waals surface area (Å²) in [7, 11) is 0. The van der Waals surface area contributed by atoms with E-state index in [2.05, 4.69) is 210 Å². The third kappa shape index (κ3) is 4.72. The fourth-order valence-electron chi connectivity index (χ4n) is 10.2. The molecule has 9 aromatic carbocycles. The highest BCUT2D eigenvalue weighted by atomic mass is 14.4. The second-order valence-corrected chi connectivity index (χ2v) is 16.9. The van der Waals surface area contributed by atoms with E-state index in [4.69, 9.17) is 0 Å². The predicted octanol–water partition coefficient (Wildman–Crippen LogP) is 15.3. The SMILES string of the molecule is CC1(C)c2ccccc2-c2ccc(-c3ccc4c(-c5cccc(-c6ccccc6)c5)c5ccccc5c(-c5ccc6c(c5)C(C)(C)c5ccccc5-6)c4c3)cc21. The average molecular weight is 715 g/mol. The van der Waals surface area contributed by atoms with Gasteiger partial charge in [-0.2, -0.15) is 0 Å². The molecule has 0 bridgehead atoms. The fourth-order valence-corrected chi connectivity index (χ4v) is 10.2. The Morgan fingerprint density at radius 1 is 0.250 bits per heavy atom. The second kappa shape index (κ2) is 12.0. The van der Waals surface area contributed by atoms with Crippen molar-refractivity contribution in [3.05, 3.63) is 204 Å². The molecule has 0 fully saturated rings. The summed E-state index contributed by atoms with van der Waals surface area (Å²) in [5, 5.41) is 5.09. The van der Waals surface area contributed by atoms with Crippen molar-refractivity contribution in [2.75, 3.05) is 0 Å². The van der Waals surface area contributed by atoms with Crippen molar-refractivity contribution in [1.29, 1.82) is 0 Å². The molecule has 0 heterocycles. The van der Waals surface area contributed by atoms with Gasteiger partial charge in [-0.05, 0) is 135 Å². The van der Waals surface area contributed by atoms with E-state index in [1.165, 1.54) is 111 Å². The van der Waals surface area contributed by atoms with Crippen molar-refractivity contribution >= 4 is 21.5 Å². The molecule has 266 valence electrons. The summed E-state index contributed by atoms with van der Waals surface area (Å²) in [5.74, 6) is 0. The van der Waals surface area contributed by atoms with Crippen LogP contribution in [-0.2, 0) is 10.8 Å². The van der Waals surface area contributed by atoms with E-state index in [9.17, 15) is 0 Å². The minimum atomic E-state index is -0.0919. The largest absolute Gasteiger partial charge is 0.0622 e. The van der Waals surface area contributed by atoms with Gasteiger partial charge in [-0.1, -0.05) is 185 Å². The molecule has 9 aromatic rings. The molecule has 0 spiro atoms. The lowest BCUT2D eigenvalue weighted by atomic mass is 9.80. The van der Waals surface area contributed by atoms with Gasteiger partial charge in [0.25, 0.3) is 0 Å². The molecule has 0 radical (unpaired) electrons. The maximum Gasteiger partial charge on any atom is 0.0159 e. The molecule has 2 aliphatic rings. The summed E-state index contributed by atoms with van der Waals surface area (Å²) in [6.45, 7) is 9.50. The molecule has 0 N–H and O–H groups in total. The Balaban J connectivity index is 1.18. The van der Waals surface area contributed by atoms with E-state index >= 15 is 0 Å². The molecule has 0 saturated heterocycles. The molecule has 0 heteroatoms. The molecule has 0 aromatic heterocycles. The molecule has 0 atom stereocenters. The highest BCUT2D eigenvalue weighted by Crippen LogP contribution is 2.53. The van der Waals surface area contributed by atoms with Crippen LogP contribution in [0.15, 0.2) is 182 Å². The second-order valence-electron chi connectivity index (χ2n) is 16.9. The fraction of sp³-hybridized carbons (Fsp3) is 0.107. The van der Waals surface area contributed by atoms with Gasteiger partial charge in [0.15, 0.2) is 0 Å². The molecule has 11 rings (SSSR count). The van der Waals surface area contributed by atoms with Crippen molar-refractivity contribution in [3.8, 4) is 66.8 Å². The van der Waals surface area contributed by atoms with Gasteiger partial charge in [0.1, 0.15) is 0 Å². The van der Waals surface area contributed by atoms with Crippen molar-refractivity contribution in [1.82, 2.24) is 0 Å². The standard InChI is InChI=1S/C56H42/c1-55(2)49-23-12-10-19-41(49)43-28-25-38(33-51(43)55)37-26-30-47-48(32-37)54(40-27-29-44-42-20-11-13-24-50(42)56(3,4)52(44)34-40)46-22-9-8-21-45(46)53(47)39-18-14-17-36(31-39)35-15-6-5-7-16-35/h5-34H,1-4H3. The first-order chi connectivity index (χ1) is 27.3. The van der Waals surface area contributed by atoms with Gasteiger partial charge < -0.3 is 0 Å². The summed E-state index contributed by atoms with van der Waals surface area (Å²) < 4.78 is 0. The molecule has 0 nitrogen and oxygen atoms in total. The Morgan fingerprint density at radius 2 is 0.661 bits per heavy atom. The van der Waals surface area contributed by atoms with Crippen LogP contribution in [0.1, 0.15) is 49.9 Å². The Kier molecular flexibility index (Phi) is 7.05. The third-order valence-corrected chi connectivity index (χ3v) is 13.1. The van der Waals surface area contributed by atoms with Crippen LogP contribution in [0.25, 0.3) is 88.3 Å². The number of fused-ring (bicyclic) bond motifs is 8. The molecule has 0 amide bonds. The molecule has 0 saturated carbocycles. The van der Waals surface area contributed by atoms with E-state index in [0.29, 0.717) is 0 Å². The minimum Gasteiger partial charge on any atom is -0.0622 e. The highest BCUT2D eigenvalue weighted by molar-refractivity contribution is 6.22. The monoisotopic (exact) mass is 714 g/mol. The summed E-state index contributed by atoms with van der Waals surface area (Å²) in [4.78, 5) is 0. The molecular weight excluding hydrogens is 673 g/mol. The normalized spacial score (nSPS) is 14.4. The Bertz CT molecular complexity index is 3060. The molecule has 56 heavy (non-hydrogen) atoms. The van der Waals surface area contributed by atoms with E-state index < -0.39 is 0 Å². The average Bonchev–Trinajstić information content (AvgIpc) is 3.61. The topological polar surface area (TPSA) is 0 Å². The van der Waals surface area contributed by atoms with Gasteiger partial charge in [-0.25, -0.2) is 0 Å². The van der Waals surface area contributed by atoms with Crippen molar-refractivity contribution in [2.24, 2.45) is 0 Å². The van der Waals surface area contributed by atoms with Crippen molar-refractivity contribution in [3.63, 3.8) is 0 Å². The molecule has 2 aliphatic carbocycles. The zero-order chi connectivity index (χ0) is 37.8. The Labute approximate surface area is 329 Å².